The lowest BCUT2D eigenvalue weighted by atomic mass is 10.0. The summed E-state index contributed by atoms with van der Waals surface area (Å²) >= 11 is 0. The predicted octanol–water partition coefficient (Wildman–Crippen LogP) is 0.987. The molecule has 1 aromatic carbocycles. The Morgan fingerprint density at radius 3 is 2.86 bits per heavy atom. The number of anilines is 1. The van der Waals surface area contributed by atoms with Crippen molar-refractivity contribution in [3.8, 4) is 5.75 Å². The summed E-state index contributed by atoms with van der Waals surface area (Å²) in [6.45, 7) is 1.97. The molecule has 1 atom stereocenters. The van der Waals surface area contributed by atoms with Crippen molar-refractivity contribution in [2.75, 3.05) is 25.5 Å². The Labute approximate surface area is 129 Å². The quantitative estimate of drug-likeness (QED) is 0.873. The number of nitrogens with zero attached hydrogens (tertiary/aromatic N) is 1. The minimum Gasteiger partial charge on any atom is -0.478 e. The molecule has 6 heteroatoms. The molecule has 1 aromatic rings. The summed E-state index contributed by atoms with van der Waals surface area (Å²) in [4.78, 5) is 26.4. The molecule has 6 nitrogen and oxygen atoms in total. The number of benzene rings is 1. The Balaban J connectivity index is 1.54. The number of hydrogen-bond donors (Lipinski definition) is 2. The molecule has 2 aliphatic heterocycles. The molecule has 1 unspecified atom stereocenters. The van der Waals surface area contributed by atoms with Crippen LogP contribution in [0, 0.1) is 0 Å². The van der Waals surface area contributed by atoms with Gasteiger partial charge >= 0.3 is 0 Å². The average molecular weight is 303 g/mol. The van der Waals surface area contributed by atoms with Crippen LogP contribution in [0.3, 0.4) is 0 Å². The van der Waals surface area contributed by atoms with Gasteiger partial charge in [0.25, 0.3) is 5.91 Å². The Morgan fingerprint density at radius 2 is 2.09 bits per heavy atom. The summed E-state index contributed by atoms with van der Waals surface area (Å²) in [6, 6.07) is 7.43. The van der Waals surface area contributed by atoms with E-state index < -0.39 is 6.10 Å². The van der Waals surface area contributed by atoms with Gasteiger partial charge < -0.3 is 20.3 Å². The van der Waals surface area contributed by atoms with Crippen LogP contribution in [0.4, 0.5) is 5.69 Å². The second kappa shape index (κ2) is 6.36. The molecular formula is C16H21N3O3. The highest BCUT2D eigenvalue weighted by Crippen LogP contribution is 2.29. The highest BCUT2D eigenvalue weighted by Gasteiger charge is 2.30. The Bertz CT molecular complexity index is 568. The predicted molar refractivity (Wildman–Crippen MR) is 82.8 cm³/mol. The van der Waals surface area contributed by atoms with Crippen LogP contribution in [0.1, 0.15) is 19.3 Å². The second-order valence-corrected chi connectivity index (χ2v) is 5.94. The van der Waals surface area contributed by atoms with Crippen molar-refractivity contribution in [1.82, 2.24) is 10.2 Å². The first kappa shape index (κ1) is 14.8. The second-order valence-electron chi connectivity index (χ2n) is 5.94. The van der Waals surface area contributed by atoms with Crippen molar-refractivity contribution < 1.29 is 14.3 Å². The fourth-order valence-corrected chi connectivity index (χ4v) is 2.83. The van der Waals surface area contributed by atoms with Crippen LogP contribution < -0.4 is 15.4 Å². The molecule has 2 heterocycles. The number of carbonyl (C=O) groups is 2. The van der Waals surface area contributed by atoms with E-state index >= 15 is 0 Å². The lowest BCUT2D eigenvalue weighted by Gasteiger charge is -2.30. The van der Waals surface area contributed by atoms with Crippen molar-refractivity contribution in [3.05, 3.63) is 24.3 Å². The maximum absolute atomic E-state index is 12.1. The Kier molecular flexibility index (Phi) is 4.29. The van der Waals surface area contributed by atoms with Gasteiger partial charge in [-0.05, 0) is 45.1 Å². The zero-order valence-electron chi connectivity index (χ0n) is 12.7. The Morgan fingerprint density at radius 1 is 1.36 bits per heavy atom. The molecule has 0 radical (unpaired) electrons. The van der Waals surface area contributed by atoms with Crippen LogP contribution in [-0.4, -0.2) is 49.0 Å². The topological polar surface area (TPSA) is 70.7 Å². The fourth-order valence-electron chi connectivity index (χ4n) is 2.83. The van der Waals surface area contributed by atoms with Gasteiger partial charge in [0, 0.05) is 6.04 Å². The van der Waals surface area contributed by atoms with Crippen LogP contribution >= 0.6 is 0 Å². The number of para-hydroxylation sites is 2. The lowest BCUT2D eigenvalue weighted by Crippen LogP contribution is -2.46. The molecule has 0 aromatic heterocycles. The molecule has 0 bridgehead atoms. The minimum absolute atomic E-state index is 0.0481. The maximum Gasteiger partial charge on any atom is 0.266 e. The molecule has 22 heavy (non-hydrogen) atoms. The van der Waals surface area contributed by atoms with E-state index in [2.05, 4.69) is 22.6 Å². The third-order valence-electron chi connectivity index (χ3n) is 4.16. The summed E-state index contributed by atoms with van der Waals surface area (Å²) in [5, 5.41) is 5.78. The van der Waals surface area contributed by atoms with Crippen LogP contribution in [0.5, 0.6) is 5.75 Å². The minimum atomic E-state index is -0.763. The van der Waals surface area contributed by atoms with Crippen molar-refractivity contribution in [3.63, 3.8) is 0 Å². The average Bonchev–Trinajstić information content (AvgIpc) is 2.50. The monoisotopic (exact) mass is 303 g/mol. The number of likely N-dealkylation sites (tertiary alicyclic amines) is 1. The normalized spacial score (nSPS) is 22.4. The van der Waals surface area contributed by atoms with Crippen molar-refractivity contribution in [2.24, 2.45) is 0 Å². The van der Waals surface area contributed by atoms with Crippen molar-refractivity contribution in [2.45, 2.75) is 31.4 Å². The molecule has 2 aliphatic rings. The number of ether oxygens (including phenoxy) is 1. The van der Waals surface area contributed by atoms with E-state index in [9.17, 15) is 9.59 Å². The molecule has 118 valence electrons. The first-order chi connectivity index (χ1) is 10.6. The Hall–Kier alpha value is -2.08. The number of rotatable bonds is 3. The summed E-state index contributed by atoms with van der Waals surface area (Å²) in [6.07, 6.45) is 1.18. The van der Waals surface area contributed by atoms with Gasteiger partial charge in [-0.15, -0.1) is 0 Å². The van der Waals surface area contributed by atoms with Gasteiger partial charge in [-0.2, -0.15) is 0 Å². The van der Waals surface area contributed by atoms with Gasteiger partial charge in [0.15, 0.2) is 6.10 Å². The number of hydrogen-bond acceptors (Lipinski definition) is 4. The molecule has 3 rings (SSSR count). The number of fused-ring (bicyclic) bond motifs is 1. The number of amides is 2. The van der Waals surface area contributed by atoms with E-state index in [1.54, 1.807) is 12.1 Å². The lowest BCUT2D eigenvalue weighted by molar-refractivity contribution is -0.131. The van der Waals surface area contributed by atoms with E-state index in [1.807, 2.05) is 12.1 Å². The number of carbonyl (C=O) groups excluding carboxylic acids is 2. The molecule has 0 saturated carbocycles. The third-order valence-corrected chi connectivity index (χ3v) is 4.16. The van der Waals surface area contributed by atoms with Crippen molar-refractivity contribution in [1.29, 1.82) is 0 Å². The van der Waals surface area contributed by atoms with Gasteiger partial charge in [-0.1, -0.05) is 12.1 Å². The van der Waals surface area contributed by atoms with E-state index in [0.717, 1.165) is 25.9 Å². The maximum atomic E-state index is 12.1. The number of nitrogens with one attached hydrogen (secondary N) is 2. The van der Waals surface area contributed by atoms with Gasteiger partial charge in [-0.25, -0.2) is 0 Å². The molecule has 2 amide bonds. The fraction of sp³-hybridized carbons (Fsp3) is 0.500. The van der Waals surface area contributed by atoms with E-state index in [0.29, 0.717) is 11.4 Å². The first-order valence-electron chi connectivity index (χ1n) is 7.66. The smallest absolute Gasteiger partial charge is 0.266 e. The van der Waals surface area contributed by atoms with Crippen LogP contribution in [0.15, 0.2) is 24.3 Å². The van der Waals surface area contributed by atoms with E-state index in [-0.39, 0.29) is 24.3 Å². The van der Waals surface area contributed by atoms with Gasteiger partial charge in [0.1, 0.15) is 5.75 Å². The molecular weight excluding hydrogens is 282 g/mol. The van der Waals surface area contributed by atoms with Gasteiger partial charge in [0.05, 0.1) is 12.1 Å². The summed E-state index contributed by atoms with van der Waals surface area (Å²) in [5.41, 5.74) is 0.652. The molecule has 1 fully saturated rings. The zero-order chi connectivity index (χ0) is 15.5. The largest absolute Gasteiger partial charge is 0.478 e. The number of piperidine rings is 1. The van der Waals surface area contributed by atoms with E-state index in [1.165, 1.54) is 0 Å². The van der Waals surface area contributed by atoms with Crippen LogP contribution in [0.2, 0.25) is 0 Å². The summed E-state index contributed by atoms with van der Waals surface area (Å²) in [5.74, 6) is 0.213. The van der Waals surface area contributed by atoms with Crippen LogP contribution in [0.25, 0.3) is 0 Å². The molecule has 0 spiro atoms. The summed E-state index contributed by atoms with van der Waals surface area (Å²) < 4.78 is 5.64. The SMILES string of the molecule is CN1CCC(NC(=O)CC2Oc3ccccc3NC2=O)CC1. The third kappa shape index (κ3) is 3.39. The van der Waals surface area contributed by atoms with Gasteiger partial charge in [0.2, 0.25) is 5.91 Å². The standard InChI is InChI=1S/C16H21N3O3/c1-19-8-6-11(7-9-19)17-15(20)10-14-16(21)18-12-4-2-3-5-13(12)22-14/h2-5,11,14H,6-10H2,1H3,(H,17,20)(H,18,21). The highest BCUT2D eigenvalue weighted by atomic mass is 16.5. The van der Waals surface area contributed by atoms with Gasteiger partial charge in [-0.3, -0.25) is 9.59 Å². The molecule has 1 saturated heterocycles. The zero-order valence-corrected chi connectivity index (χ0v) is 12.7. The summed E-state index contributed by atoms with van der Waals surface area (Å²) in [7, 11) is 2.08. The molecule has 2 N–H and O–H groups in total. The van der Waals surface area contributed by atoms with Crippen molar-refractivity contribution >= 4 is 17.5 Å². The first-order valence-corrected chi connectivity index (χ1v) is 7.66. The highest BCUT2D eigenvalue weighted by molar-refractivity contribution is 5.99. The van der Waals surface area contributed by atoms with Crippen LogP contribution in [-0.2, 0) is 9.59 Å². The van der Waals surface area contributed by atoms with E-state index in [4.69, 9.17) is 4.74 Å². The molecule has 0 aliphatic carbocycles.